The lowest BCUT2D eigenvalue weighted by Gasteiger charge is -2.14. The number of nitrogens with two attached hydrogens (primary N) is 1. The molecule has 2 rings (SSSR count). The maximum atomic E-state index is 6.44. The molecule has 21 heavy (non-hydrogen) atoms. The molecule has 2 aromatic rings. The molecule has 0 aliphatic rings. The van der Waals surface area contributed by atoms with Crippen LogP contribution < -0.4 is 5.73 Å². The maximum Gasteiger partial charge on any atom is 0.131 e. The van der Waals surface area contributed by atoms with E-state index in [9.17, 15) is 0 Å². The Kier molecular flexibility index (Phi) is 4.40. The molecule has 1 heterocycles. The summed E-state index contributed by atoms with van der Waals surface area (Å²) in [6, 6.07) is 4.74. The fraction of sp³-hybridized carbons (Fsp3) is 0.500. The van der Waals surface area contributed by atoms with E-state index in [4.69, 9.17) is 10.7 Å². The smallest absolute Gasteiger partial charge is 0.131 e. The molecule has 0 amide bonds. The molecule has 0 fully saturated rings. The minimum absolute atomic E-state index is 0.332. The Labute approximate surface area is 128 Å². The monoisotopic (exact) mass is 285 g/mol. The second kappa shape index (κ2) is 5.92. The molecule has 0 radical (unpaired) electrons. The van der Waals surface area contributed by atoms with Crippen LogP contribution in [0.3, 0.4) is 0 Å². The number of nitrogens with zero attached hydrogens (tertiary/aromatic N) is 2. The molecule has 0 atom stereocenters. The minimum Gasteiger partial charge on any atom is -0.383 e. The summed E-state index contributed by atoms with van der Waals surface area (Å²) in [6.07, 6.45) is 2.04. The summed E-state index contributed by atoms with van der Waals surface area (Å²) >= 11 is 0. The van der Waals surface area contributed by atoms with Gasteiger partial charge < -0.3 is 10.3 Å². The maximum absolute atomic E-state index is 6.44. The van der Waals surface area contributed by atoms with Gasteiger partial charge >= 0.3 is 0 Å². The van der Waals surface area contributed by atoms with Crippen molar-refractivity contribution in [2.45, 2.75) is 60.4 Å². The van der Waals surface area contributed by atoms with Gasteiger partial charge in [0.2, 0.25) is 0 Å². The van der Waals surface area contributed by atoms with Crippen LogP contribution in [-0.2, 0) is 6.42 Å². The standard InChI is InChI=1S/C18H27N3/c1-7-8-15-20-17(18(19)21(15)11(2)3)16-13(5)9-12(4)10-14(16)6/h9-11H,7-8,19H2,1-6H3. The molecular formula is C18H27N3. The highest BCUT2D eigenvalue weighted by molar-refractivity contribution is 5.76. The van der Waals surface area contributed by atoms with E-state index in [1.165, 1.54) is 22.3 Å². The van der Waals surface area contributed by atoms with Gasteiger partial charge in [-0.3, -0.25) is 0 Å². The third-order valence-electron chi connectivity index (χ3n) is 3.92. The van der Waals surface area contributed by atoms with Gasteiger partial charge in [-0.05, 0) is 52.2 Å². The van der Waals surface area contributed by atoms with Crippen molar-refractivity contribution < 1.29 is 0 Å². The Morgan fingerprint density at radius 1 is 1.14 bits per heavy atom. The molecule has 1 aromatic carbocycles. The van der Waals surface area contributed by atoms with Crippen LogP contribution in [0.4, 0.5) is 5.82 Å². The van der Waals surface area contributed by atoms with Crippen molar-refractivity contribution in [3.05, 3.63) is 34.6 Å². The molecule has 114 valence electrons. The molecule has 0 bridgehead atoms. The predicted octanol–water partition coefficient (Wildman–Crippen LogP) is 4.59. The Balaban J connectivity index is 2.68. The van der Waals surface area contributed by atoms with Crippen molar-refractivity contribution in [1.82, 2.24) is 9.55 Å². The fourth-order valence-corrected chi connectivity index (χ4v) is 3.21. The summed E-state index contributed by atoms with van der Waals surface area (Å²) in [5.74, 6) is 1.89. The van der Waals surface area contributed by atoms with E-state index in [0.29, 0.717) is 6.04 Å². The molecular weight excluding hydrogens is 258 g/mol. The number of hydrogen-bond donors (Lipinski definition) is 1. The van der Waals surface area contributed by atoms with Crippen LogP contribution >= 0.6 is 0 Å². The second-order valence-corrected chi connectivity index (χ2v) is 6.25. The average Bonchev–Trinajstić information content (AvgIpc) is 2.65. The molecule has 0 aliphatic heterocycles. The average molecular weight is 285 g/mol. The molecule has 3 nitrogen and oxygen atoms in total. The summed E-state index contributed by atoms with van der Waals surface area (Å²) in [6.45, 7) is 12.9. The van der Waals surface area contributed by atoms with Crippen LogP contribution in [-0.4, -0.2) is 9.55 Å². The SMILES string of the molecule is CCCc1nc(-c2c(C)cc(C)cc2C)c(N)n1C(C)C. The van der Waals surface area contributed by atoms with Gasteiger partial charge in [-0.15, -0.1) is 0 Å². The lowest BCUT2D eigenvalue weighted by atomic mass is 9.97. The lowest BCUT2D eigenvalue weighted by Crippen LogP contribution is -2.09. The summed E-state index contributed by atoms with van der Waals surface area (Å²) in [7, 11) is 0. The van der Waals surface area contributed by atoms with E-state index < -0.39 is 0 Å². The largest absolute Gasteiger partial charge is 0.383 e. The summed E-state index contributed by atoms with van der Waals surface area (Å²) in [4.78, 5) is 4.88. The first-order chi connectivity index (χ1) is 9.86. The van der Waals surface area contributed by atoms with Crippen molar-refractivity contribution in [2.24, 2.45) is 0 Å². The van der Waals surface area contributed by atoms with Gasteiger partial charge in [-0.1, -0.05) is 24.6 Å². The van der Waals surface area contributed by atoms with Crippen LogP contribution in [0.5, 0.6) is 0 Å². The van der Waals surface area contributed by atoms with E-state index in [2.05, 4.69) is 58.2 Å². The number of rotatable bonds is 4. The molecule has 1 aromatic heterocycles. The predicted molar refractivity (Wildman–Crippen MR) is 90.7 cm³/mol. The number of imidazole rings is 1. The highest BCUT2D eigenvalue weighted by Crippen LogP contribution is 2.34. The van der Waals surface area contributed by atoms with Crippen molar-refractivity contribution in [3.63, 3.8) is 0 Å². The highest BCUT2D eigenvalue weighted by atomic mass is 15.2. The second-order valence-electron chi connectivity index (χ2n) is 6.25. The van der Waals surface area contributed by atoms with E-state index in [1.807, 2.05) is 0 Å². The first-order valence-corrected chi connectivity index (χ1v) is 7.81. The topological polar surface area (TPSA) is 43.8 Å². The first-order valence-electron chi connectivity index (χ1n) is 7.81. The molecule has 3 heteroatoms. The van der Waals surface area contributed by atoms with Gasteiger partial charge in [0.15, 0.2) is 0 Å². The molecule has 0 spiro atoms. The quantitative estimate of drug-likeness (QED) is 0.892. The highest BCUT2D eigenvalue weighted by Gasteiger charge is 2.20. The first kappa shape index (κ1) is 15.6. The Hall–Kier alpha value is -1.77. The number of anilines is 1. The lowest BCUT2D eigenvalue weighted by molar-refractivity contribution is 0.571. The number of aromatic nitrogens is 2. The van der Waals surface area contributed by atoms with Crippen molar-refractivity contribution in [2.75, 3.05) is 5.73 Å². The van der Waals surface area contributed by atoms with E-state index in [1.54, 1.807) is 0 Å². The molecule has 2 N–H and O–H groups in total. The van der Waals surface area contributed by atoms with Gasteiger partial charge in [0.1, 0.15) is 17.3 Å². The van der Waals surface area contributed by atoms with Crippen LogP contribution in [0, 0.1) is 20.8 Å². The van der Waals surface area contributed by atoms with Crippen LogP contribution in [0.25, 0.3) is 11.3 Å². The van der Waals surface area contributed by atoms with Crippen LogP contribution in [0.2, 0.25) is 0 Å². The van der Waals surface area contributed by atoms with Crippen molar-refractivity contribution in [3.8, 4) is 11.3 Å². The molecule has 0 unspecified atom stereocenters. The Morgan fingerprint density at radius 2 is 1.71 bits per heavy atom. The van der Waals surface area contributed by atoms with Crippen LogP contribution in [0.1, 0.15) is 55.7 Å². The van der Waals surface area contributed by atoms with Gasteiger partial charge in [0.25, 0.3) is 0 Å². The number of nitrogen functional groups attached to an aromatic ring is 1. The Morgan fingerprint density at radius 3 is 2.19 bits per heavy atom. The van der Waals surface area contributed by atoms with E-state index >= 15 is 0 Å². The summed E-state index contributed by atoms with van der Waals surface area (Å²) < 4.78 is 2.18. The van der Waals surface area contributed by atoms with Gasteiger partial charge in [0, 0.05) is 18.0 Å². The van der Waals surface area contributed by atoms with Crippen molar-refractivity contribution in [1.29, 1.82) is 0 Å². The zero-order chi connectivity index (χ0) is 15.7. The summed E-state index contributed by atoms with van der Waals surface area (Å²) in [5, 5.41) is 0. The minimum atomic E-state index is 0.332. The number of aryl methyl sites for hydroxylation is 4. The van der Waals surface area contributed by atoms with Crippen LogP contribution in [0.15, 0.2) is 12.1 Å². The fourth-order valence-electron chi connectivity index (χ4n) is 3.21. The van der Waals surface area contributed by atoms with Gasteiger partial charge in [-0.25, -0.2) is 4.98 Å². The Bertz CT molecular complexity index is 628. The van der Waals surface area contributed by atoms with E-state index in [0.717, 1.165) is 30.2 Å². The normalized spacial score (nSPS) is 11.4. The third kappa shape index (κ3) is 2.82. The number of benzene rings is 1. The van der Waals surface area contributed by atoms with E-state index in [-0.39, 0.29) is 0 Å². The molecule has 0 aliphatic carbocycles. The third-order valence-corrected chi connectivity index (χ3v) is 3.92. The zero-order valence-electron chi connectivity index (χ0n) is 14.1. The zero-order valence-corrected chi connectivity index (χ0v) is 14.1. The van der Waals surface area contributed by atoms with Crippen molar-refractivity contribution >= 4 is 5.82 Å². The number of hydrogen-bond acceptors (Lipinski definition) is 2. The molecule has 0 saturated heterocycles. The van der Waals surface area contributed by atoms with Gasteiger partial charge in [-0.2, -0.15) is 0 Å². The van der Waals surface area contributed by atoms with Gasteiger partial charge in [0.05, 0.1) is 0 Å². The molecule has 0 saturated carbocycles. The summed E-state index contributed by atoms with van der Waals surface area (Å²) in [5.41, 5.74) is 12.4.